The van der Waals surface area contributed by atoms with Crippen LogP contribution in [0, 0.1) is 6.92 Å². The fourth-order valence-corrected chi connectivity index (χ4v) is 2.84. The molecule has 0 bridgehead atoms. The van der Waals surface area contributed by atoms with E-state index in [1.54, 1.807) is 0 Å². The summed E-state index contributed by atoms with van der Waals surface area (Å²) in [6.45, 7) is 6.18. The van der Waals surface area contributed by atoms with Crippen LogP contribution >= 0.6 is 12.2 Å². The van der Waals surface area contributed by atoms with Crippen LogP contribution in [0.1, 0.15) is 24.1 Å². The lowest BCUT2D eigenvalue weighted by Gasteiger charge is -2.32. The fourth-order valence-electron chi connectivity index (χ4n) is 2.47. The number of hydrogen-bond donors (Lipinski definition) is 2. The van der Waals surface area contributed by atoms with Gasteiger partial charge in [0.1, 0.15) is 0 Å². The summed E-state index contributed by atoms with van der Waals surface area (Å²) in [7, 11) is 4.32. The van der Waals surface area contributed by atoms with Crippen LogP contribution in [-0.2, 0) is 0 Å². The topological polar surface area (TPSA) is 32.6 Å². The second-order valence-electron chi connectivity index (χ2n) is 6.40. The summed E-state index contributed by atoms with van der Waals surface area (Å²) in [5, 5.41) is 4.13. The molecule has 24 heavy (non-hydrogen) atoms. The summed E-state index contributed by atoms with van der Waals surface area (Å²) in [5.41, 5.74) is 3.48. The Morgan fingerprint density at radius 2 is 1.79 bits per heavy atom. The highest BCUT2D eigenvalue weighted by Crippen LogP contribution is 2.20. The molecular formula is C19H27N4S+. The second-order valence-corrected chi connectivity index (χ2v) is 6.79. The number of thiocarbonyl (C=S) groups is 1. The van der Waals surface area contributed by atoms with Crippen LogP contribution in [0.2, 0.25) is 0 Å². The maximum Gasteiger partial charge on any atom is 0.174 e. The highest BCUT2D eigenvalue weighted by molar-refractivity contribution is 7.80. The average molecular weight is 344 g/mol. The molecule has 2 rings (SSSR count). The number of hydrogen-bond acceptors (Lipinski definition) is 2. The van der Waals surface area contributed by atoms with Gasteiger partial charge in [-0.3, -0.25) is 4.98 Å². The van der Waals surface area contributed by atoms with Gasteiger partial charge >= 0.3 is 0 Å². The number of nitrogens with one attached hydrogen (secondary N) is 2. The number of nitrogens with zero attached hydrogens (tertiary/aromatic N) is 2. The third kappa shape index (κ3) is 5.28. The normalized spacial score (nSPS) is 12.0. The van der Waals surface area contributed by atoms with E-state index in [1.807, 2.05) is 12.4 Å². The zero-order chi connectivity index (χ0) is 17.5. The quantitative estimate of drug-likeness (QED) is 0.789. The monoisotopic (exact) mass is 343 g/mol. The van der Waals surface area contributed by atoms with E-state index in [2.05, 4.69) is 79.5 Å². The Morgan fingerprint density at radius 1 is 1.17 bits per heavy atom. The lowest BCUT2D eigenvalue weighted by molar-refractivity contribution is -0.857. The molecule has 4 nitrogen and oxygen atoms in total. The number of likely N-dealkylation sites (N-methyl/N-ethyl adjacent to an activating group) is 1. The van der Waals surface area contributed by atoms with Crippen LogP contribution in [-0.4, -0.2) is 42.2 Å². The van der Waals surface area contributed by atoms with E-state index in [9.17, 15) is 0 Å². The molecule has 0 aliphatic heterocycles. The standard InChI is InChI=1S/C19H26N4S/c1-15-5-7-18(8-6-15)21-19(24)23(14-13-22(3)4)16(2)17-9-11-20-12-10-17/h5-12,16H,13-14H2,1-4H3,(H,21,24)/p+1. The number of rotatable bonds is 6. The predicted octanol–water partition coefficient (Wildman–Crippen LogP) is 2.29. The summed E-state index contributed by atoms with van der Waals surface area (Å²) in [6, 6.07) is 12.6. The third-order valence-corrected chi connectivity index (χ3v) is 4.41. The van der Waals surface area contributed by atoms with E-state index in [0.717, 1.165) is 23.9 Å². The summed E-state index contributed by atoms with van der Waals surface area (Å²) in [5.74, 6) is 0. The molecule has 0 aliphatic rings. The molecule has 0 saturated carbocycles. The number of aromatic nitrogens is 1. The molecule has 128 valence electrons. The molecule has 0 amide bonds. The van der Waals surface area contributed by atoms with Crippen LogP contribution < -0.4 is 10.2 Å². The van der Waals surface area contributed by atoms with Crippen molar-refractivity contribution in [1.82, 2.24) is 9.88 Å². The van der Waals surface area contributed by atoms with Crippen molar-refractivity contribution in [2.45, 2.75) is 19.9 Å². The predicted molar refractivity (Wildman–Crippen MR) is 104 cm³/mol. The van der Waals surface area contributed by atoms with Crippen molar-refractivity contribution in [2.24, 2.45) is 0 Å². The smallest absolute Gasteiger partial charge is 0.174 e. The van der Waals surface area contributed by atoms with Crippen LogP contribution in [0.15, 0.2) is 48.8 Å². The number of pyridine rings is 1. The first-order valence-corrected chi connectivity index (χ1v) is 8.71. The first-order valence-electron chi connectivity index (χ1n) is 8.30. The van der Waals surface area contributed by atoms with Crippen LogP contribution in [0.3, 0.4) is 0 Å². The molecule has 1 aromatic heterocycles. The van der Waals surface area contributed by atoms with Gasteiger partial charge in [0, 0.05) is 18.1 Å². The van der Waals surface area contributed by atoms with E-state index < -0.39 is 0 Å². The van der Waals surface area contributed by atoms with Crippen LogP contribution in [0.5, 0.6) is 0 Å². The summed E-state index contributed by atoms with van der Waals surface area (Å²) < 4.78 is 0. The highest BCUT2D eigenvalue weighted by Gasteiger charge is 2.19. The molecule has 1 unspecified atom stereocenters. The molecular weight excluding hydrogens is 316 g/mol. The molecule has 0 fully saturated rings. The molecule has 0 radical (unpaired) electrons. The van der Waals surface area contributed by atoms with E-state index >= 15 is 0 Å². The Kier molecular flexibility index (Phi) is 6.70. The van der Waals surface area contributed by atoms with Crippen molar-refractivity contribution >= 4 is 23.0 Å². The number of aryl methyl sites for hydroxylation is 1. The number of benzene rings is 1. The van der Waals surface area contributed by atoms with Crippen molar-refractivity contribution in [3.8, 4) is 0 Å². The van der Waals surface area contributed by atoms with E-state index in [0.29, 0.717) is 0 Å². The van der Waals surface area contributed by atoms with Gasteiger partial charge in [-0.1, -0.05) is 17.7 Å². The Labute approximate surface area is 150 Å². The van der Waals surface area contributed by atoms with Crippen molar-refractivity contribution in [3.05, 3.63) is 59.9 Å². The number of anilines is 1. The van der Waals surface area contributed by atoms with Gasteiger partial charge in [0.15, 0.2) is 5.11 Å². The van der Waals surface area contributed by atoms with Gasteiger partial charge in [0.2, 0.25) is 0 Å². The van der Waals surface area contributed by atoms with Gasteiger partial charge in [0.05, 0.1) is 33.2 Å². The van der Waals surface area contributed by atoms with Gasteiger partial charge in [-0.25, -0.2) is 0 Å². The number of quaternary nitrogens is 1. The minimum absolute atomic E-state index is 0.192. The van der Waals surface area contributed by atoms with Gasteiger partial charge in [-0.15, -0.1) is 0 Å². The first-order chi connectivity index (χ1) is 11.5. The Bertz CT molecular complexity index is 640. The van der Waals surface area contributed by atoms with Crippen molar-refractivity contribution in [3.63, 3.8) is 0 Å². The molecule has 1 heterocycles. The van der Waals surface area contributed by atoms with Gasteiger partial charge < -0.3 is 15.1 Å². The Morgan fingerprint density at radius 3 is 2.38 bits per heavy atom. The highest BCUT2D eigenvalue weighted by atomic mass is 32.1. The zero-order valence-electron chi connectivity index (χ0n) is 14.9. The minimum atomic E-state index is 0.192. The molecule has 0 saturated heterocycles. The molecule has 0 aliphatic carbocycles. The molecule has 2 aromatic rings. The molecule has 0 spiro atoms. The summed E-state index contributed by atoms with van der Waals surface area (Å²) >= 11 is 5.71. The molecule has 1 atom stereocenters. The van der Waals surface area contributed by atoms with Gasteiger partial charge in [-0.2, -0.15) is 0 Å². The van der Waals surface area contributed by atoms with Gasteiger partial charge in [0.25, 0.3) is 0 Å². The summed E-state index contributed by atoms with van der Waals surface area (Å²) in [6.07, 6.45) is 3.66. The lowest BCUT2D eigenvalue weighted by atomic mass is 10.1. The largest absolute Gasteiger partial charge is 0.338 e. The van der Waals surface area contributed by atoms with Crippen LogP contribution in [0.4, 0.5) is 5.69 Å². The van der Waals surface area contributed by atoms with Crippen LogP contribution in [0.25, 0.3) is 0 Å². The molecule has 1 aromatic carbocycles. The maximum atomic E-state index is 5.71. The molecule has 5 heteroatoms. The average Bonchev–Trinajstić information content (AvgIpc) is 2.57. The second kappa shape index (κ2) is 8.76. The van der Waals surface area contributed by atoms with Crippen molar-refractivity contribution in [2.75, 3.05) is 32.5 Å². The lowest BCUT2D eigenvalue weighted by Crippen LogP contribution is -3.06. The van der Waals surface area contributed by atoms with Crippen molar-refractivity contribution < 1.29 is 4.90 Å². The van der Waals surface area contributed by atoms with Crippen molar-refractivity contribution in [1.29, 1.82) is 0 Å². The maximum absolute atomic E-state index is 5.71. The van der Waals surface area contributed by atoms with E-state index in [4.69, 9.17) is 12.2 Å². The Balaban J connectivity index is 2.14. The summed E-state index contributed by atoms with van der Waals surface area (Å²) in [4.78, 5) is 7.76. The third-order valence-electron chi connectivity index (χ3n) is 4.07. The van der Waals surface area contributed by atoms with E-state index in [1.165, 1.54) is 16.0 Å². The van der Waals surface area contributed by atoms with Gasteiger partial charge in [-0.05, 0) is 55.9 Å². The van der Waals surface area contributed by atoms with E-state index in [-0.39, 0.29) is 6.04 Å². The fraction of sp³-hybridized carbons (Fsp3) is 0.368. The Hall–Kier alpha value is -1.98. The first kappa shape index (κ1) is 18.4. The molecule has 2 N–H and O–H groups in total. The minimum Gasteiger partial charge on any atom is -0.338 e. The SMILES string of the molecule is Cc1ccc(NC(=S)N(CC[NH+](C)C)C(C)c2ccncc2)cc1. The zero-order valence-corrected chi connectivity index (χ0v) is 15.7.